The van der Waals surface area contributed by atoms with Crippen molar-refractivity contribution >= 4 is 5.97 Å². The minimum Gasteiger partial charge on any atom is -0.481 e. The van der Waals surface area contributed by atoms with Crippen molar-refractivity contribution in [3.63, 3.8) is 0 Å². The first-order chi connectivity index (χ1) is 3.66. The van der Waals surface area contributed by atoms with Gasteiger partial charge in [0.15, 0.2) is 0 Å². The Kier molecular flexibility index (Phi) is 3.24. The molecule has 0 bridgehead atoms. The molecule has 0 aromatic heterocycles. The van der Waals surface area contributed by atoms with Crippen LogP contribution in [0.1, 0.15) is 19.8 Å². The van der Waals surface area contributed by atoms with Crippen molar-refractivity contribution < 1.29 is 9.90 Å². The lowest BCUT2D eigenvalue weighted by Crippen LogP contribution is -2.02. The predicted octanol–water partition coefficient (Wildman–Crippen LogP) is 1.32. The smallest absolute Gasteiger partial charge is 0.303 e. The topological polar surface area (TPSA) is 37.3 Å². The molecule has 0 amide bonds. The predicted molar refractivity (Wildman–Crippen MR) is 31.4 cm³/mol. The van der Waals surface area contributed by atoms with Gasteiger partial charge in [0, 0.05) is 6.42 Å². The van der Waals surface area contributed by atoms with Crippen molar-refractivity contribution in [2.45, 2.75) is 19.8 Å². The molecule has 0 aromatic carbocycles. The second-order valence-corrected chi connectivity index (χ2v) is 1.99. The number of aliphatic carboxylic acids is 1. The molecule has 0 unspecified atom stereocenters. The van der Waals surface area contributed by atoms with Gasteiger partial charge >= 0.3 is 5.97 Å². The van der Waals surface area contributed by atoms with Crippen LogP contribution in [0.3, 0.4) is 0 Å². The van der Waals surface area contributed by atoms with Gasteiger partial charge in [-0.3, -0.25) is 4.79 Å². The zero-order chi connectivity index (χ0) is 6.57. The molecule has 8 heavy (non-hydrogen) atoms. The Labute approximate surface area is 49.5 Å². The molecule has 1 radical (unpaired) electrons. The Hall–Kier alpha value is -0.530. The molecule has 47 valence electrons. The molecule has 0 rings (SSSR count). The second-order valence-electron chi connectivity index (χ2n) is 1.99. The zero-order valence-corrected chi connectivity index (χ0v) is 5.05. The van der Waals surface area contributed by atoms with E-state index < -0.39 is 5.97 Å². The molecule has 0 fully saturated rings. The SMILES string of the molecule is [CH2]C[C@H](C)CC(=O)O. The Bertz CT molecular complexity index is 78.6. The van der Waals surface area contributed by atoms with Gasteiger partial charge in [-0.15, -0.1) is 0 Å². The van der Waals surface area contributed by atoms with Crippen molar-refractivity contribution in [3.05, 3.63) is 6.92 Å². The third-order valence-corrected chi connectivity index (χ3v) is 1.02. The van der Waals surface area contributed by atoms with E-state index in [9.17, 15) is 4.79 Å². The van der Waals surface area contributed by atoms with Crippen LogP contribution in [0, 0.1) is 12.8 Å². The maximum Gasteiger partial charge on any atom is 0.303 e. The summed E-state index contributed by atoms with van der Waals surface area (Å²) in [7, 11) is 0. The standard InChI is InChI=1S/C6H11O2/c1-3-5(2)4-6(7)8/h5H,1,3-4H2,2H3,(H,7,8)/t5-/m0/s1. The molecule has 0 aliphatic heterocycles. The molecule has 1 atom stereocenters. The van der Waals surface area contributed by atoms with Crippen LogP contribution >= 0.6 is 0 Å². The van der Waals surface area contributed by atoms with Crippen molar-refractivity contribution in [1.82, 2.24) is 0 Å². The second kappa shape index (κ2) is 3.47. The lowest BCUT2D eigenvalue weighted by molar-refractivity contribution is -0.137. The number of carbonyl (C=O) groups is 1. The van der Waals surface area contributed by atoms with Crippen LogP contribution < -0.4 is 0 Å². The molecule has 0 aliphatic carbocycles. The summed E-state index contributed by atoms with van der Waals surface area (Å²) in [6.45, 7) is 5.45. The summed E-state index contributed by atoms with van der Waals surface area (Å²) in [5.74, 6) is -0.520. The Morgan fingerprint density at radius 1 is 1.88 bits per heavy atom. The third-order valence-electron chi connectivity index (χ3n) is 1.02. The average Bonchev–Trinajstić information content (AvgIpc) is 1.65. The summed E-state index contributed by atoms with van der Waals surface area (Å²) in [6, 6.07) is 0. The number of carboxylic acids is 1. The maximum atomic E-state index is 9.94. The molecule has 0 saturated heterocycles. The van der Waals surface area contributed by atoms with E-state index in [2.05, 4.69) is 6.92 Å². The van der Waals surface area contributed by atoms with E-state index in [-0.39, 0.29) is 12.3 Å². The molecule has 0 spiro atoms. The van der Waals surface area contributed by atoms with E-state index in [1.54, 1.807) is 0 Å². The van der Waals surface area contributed by atoms with Gasteiger partial charge < -0.3 is 5.11 Å². The van der Waals surface area contributed by atoms with E-state index in [0.717, 1.165) is 0 Å². The van der Waals surface area contributed by atoms with Gasteiger partial charge in [0.25, 0.3) is 0 Å². The number of hydrogen-bond acceptors (Lipinski definition) is 1. The molecular formula is C6H11O2. The van der Waals surface area contributed by atoms with Crippen LogP contribution in [-0.4, -0.2) is 11.1 Å². The average molecular weight is 115 g/mol. The van der Waals surface area contributed by atoms with E-state index >= 15 is 0 Å². The van der Waals surface area contributed by atoms with Crippen LogP contribution in [0.2, 0.25) is 0 Å². The van der Waals surface area contributed by atoms with Gasteiger partial charge in [-0.1, -0.05) is 20.3 Å². The Morgan fingerprint density at radius 3 is 2.50 bits per heavy atom. The van der Waals surface area contributed by atoms with Gasteiger partial charge in [-0.05, 0) is 5.92 Å². The summed E-state index contributed by atoms with van der Waals surface area (Å²) in [5.41, 5.74) is 0. The Balaban J connectivity index is 3.24. The highest BCUT2D eigenvalue weighted by Gasteiger charge is 2.02. The lowest BCUT2D eigenvalue weighted by atomic mass is 10.1. The first kappa shape index (κ1) is 7.47. The molecule has 2 heteroatoms. The van der Waals surface area contributed by atoms with E-state index in [1.165, 1.54) is 0 Å². The molecule has 0 heterocycles. The molecule has 0 aromatic rings. The van der Waals surface area contributed by atoms with Crippen LogP contribution in [-0.2, 0) is 4.79 Å². The first-order valence-electron chi connectivity index (χ1n) is 2.68. The maximum absolute atomic E-state index is 9.94. The van der Waals surface area contributed by atoms with E-state index in [0.29, 0.717) is 6.42 Å². The van der Waals surface area contributed by atoms with Gasteiger partial charge in [0.1, 0.15) is 0 Å². The summed E-state index contributed by atoms with van der Waals surface area (Å²) in [5, 5.41) is 8.19. The molecule has 0 aliphatic rings. The van der Waals surface area contributed by atoms with Crippen LogP contribution in [0.5, 0.6) is 0 Å². The molecule has 1 N–H and O–H groups in total. The normalized spacial score (nSPS) is 13.2. The number of carboxylic acid groups (broad SMARTS) is 1. The zero-order valence-electron chi connectivity index (χ0n) is 5.05. The minimum atomic E-state index is -0.735. The highest BCUT2D eigenvalue weighted by atomic mass is 16.4. The van der Waals surface area contributed by atoms with E-state index in [4.69, 9.17) is 5.11 Å². The van der Waals surface area contributed by atoms with Gasteiger partial charge in [-0.2, -0.15) is 0 Å². The highest BCUT2D eigenvalue weighted by molar-refractivity contribution is 5.66. The molecular weight excluding hydrogens is 104 g/mol. The Morgan fingerprint density at radius 2 is 2.38 bits per heavy atom. The summed E-state index contributed by atoms with van der Waals surface area (Å²) in [4.78, 5) is 9.94. The van der Waals surface area contributed by atoms with Crippen molar-refractivity contribution in [2.75, 3.05) is 0 Å². The van der Waals surface area contributed by atoms with Crippen LogP contribution in [0.4, 0.5) is 0 Å². The fourth-order valence-electron chi connectivity index (χ4n) is 0.400. The van der Waals surface area contributed by atoms with Gasteiger partial charge in [-0.25, -0.2) is 0 Å². The fraction of sp³-hybridized carbons (Fsp3) is 0.667. The number of hydrogen-bond donors (Lipinski definition) is 1. The van der Waals surface area contributed by atoms with Gasteiger partial charge in [0.2, 0.25) is 0 Å². The van der Waals surface area contributed by atoms with Crippen LogP contribution in [0.25, 0.3) is 0 Å². The van der Waals surface area contributed by atoms with Crippen molar-refractivity contribution in [2.24, 2.45) is 5.92 Å². The van der Waals surface area contributed by atoms with E-state index in [1.807, 2.05) is 6.92 Å². The van der Waals surface area contributed by atoms with Crippen molar-refractivity contribution in [3.8, 4) is 0 Å². The summed E-state index contributed by atoms with van der Waals surface area (Å²) in [6.07, 6.45) is 0.940. The highest BCUT2D eigenvalue weighted by Crippen LogP contribution is 2.04. The monoisotopic (exact) mass is 115 g/mol. The minimum absolute atomic E-state index is 0.215. The molecule has 0 saturated carbocycles. The summed E-state index contributed by atoms with van der Waals surface area (Å²) >= 11 is 0. The first-order valence-corrected chi connectivity index (χ1v) is 2.68. The van der Waals surface area contributed by atoms with Crippen LogP contribution in [0.15, 0.2) is 0 Å². The molecule has 2 nitrogen and oxygen atoms in total. The number of rotatable bonds is 3. The van der Waals surface area contributed by atoms with Gasteiger partial charge in [0.05, 0.1) is 0 Å². The third kappa shape index (κ3) is 3.65. The fourth-order valence-corrected chi connectivity index (χ4v) is 0.400. The summed E-state index contributed by atoms with van der Waals surface area (Å²) < 4.78 is 0. The quantitative estimate of drug-likeness (QED) is 0.602. The van der Waals surface area contributed by atoms with Crippen molar-refractivity contribution in [1.29, 1.82) is 0 Å². The largest absolute Gasteiger partial charge is 0.481 e. The lowest BCUT2D eigenvalue weighted by Gasteiger charge is -2.00.